The molecule has 3 rings (SSSR count). The maximum absolute atomic E-state index is 4.27. The van der Waals surface area contributed by atoms with Crippen LogP contribution in [0.15, 0.2) is 53.8 Å². The van der Waals surface area contributed by atoms with Gasteiger partial charge in [-0.3, -0.25) is 0 Å². The maximum Gasteiger partial charge on any atom is 0.0460 e. The molecule has 1 aromatic heterocycles. The molecule has 2 aromatic rings. The number of benzene rings is 1. The number of hydrogen-bond donors (Lipinski definition) is 1. The van der Waals surface area contributed by atoms with Crippen molar-refractivity contribution in [3.63, 3.8) is 0 Å². The van der Waals surface area contributed by atoms with Crippen LogP contribution in [-0.2, 0) is 0 Å². The molecule has 0 radical (unpaired) electrons. The lowest BCUT2D eigenvalue weighted by Crippen LogP contribution is -1.90. The molecule has 1 heteroatoms. The maximum atomic E-state index is 4.27. The highest BCUT2D eigenvalue weighted by Crippen LogP contribution is 2.40. The lowest BCUT2D eigenvalue weighted by Gasteiger charge is -2.04. The molecule has 102 valence electrons. The van der Waals surface area contributed by atoms with Gasteiger partial charge in [0.15, 0.2) is 0 Å². The Morgan fingerprint density at radius 3 is 2.85 bits per heavy atom. The second kappa shape index (κ2) is 4.82. The van der Waals surface area contributed by atoms with Crippen LogP contribution in [0.25, 0.3) is 17.0 Å². The summed E-state index contributed by atoms with van der Waals surface area (Å²) in [6.45, 7) is 10.8. The molecule has 1 heterocycles. The highest BCUT2D eigenvalue weighted by molar-refractivity contribution is 5.90. The zero-order valence-electron chi connectivity index (χ0n) is 12.5. The zero-order chi connectivity index (χ0) is 14.3. The summed E-state index contributed by atoms with van der Waals surface area (Å²) in [6, 6.07) is 6.54. The molecule has 1 nitrogen and oxygen atoms in total. The van der Waals surface area contributed by atoms with Crippen molar-refractivity contribution in [2.45, 2.75) is 27.2 Å². The molecule has 0 aliphatic heterocycles. The Kier molecular flexibility index (Phi) is 3.13. The van der Waals surface area contributed by atoms with Gasteiger partial charge in [0.2, 0.25) is 0 Å². The number of nitrogens with one attached hydrogen (secondary N) is 1. The number of H-pyrrole nitrogens is 1. The van der Waals surface area contributed by atoms with Crippen LogP contribution in [0.4, 0.5) is 0 Å². The van der Waals surface area contributed by atoms with Gasteiger partial charge in [0.1, 0.15) is 0 Å². The van der Waals surface area contributed by atoms with Gasteiger partial charge < -0.3 is 4.98 Å². The van der Waals surface area contributed by atoms with Crippen LogP contribution in [0.5, 0.6) is 0 Å². The van der Waals surface area contributed by atoms with E-state index in [2.05, 4.69) is 68.9 Å². The molecule has 0 bridgehead atoms. The van der Waals surface area contributed by atoms with Crippen LogP contribution in [0.3, 0.4) is 0 Å². The average molecular weight is 263 g/mol. The van der Waals surface area contributed by atoms with Gasteiger partial charge in [-0.2, -0.15) is 0 Å². The highest BCUT2D eigenvalue weighted by Gasteiger charge is 2.24. The normalized spacial score (nSPS) is 23.4. The van der Waals surface area contributed by atoms with Gasteiger partial charge >= 0.3 is 0 Å². The van der Waals surface area contributed by atoms with Crippen LogP contribution in [0.2, 0.25) is 0 Å². The first-order chi connectivity index (χ1) is 9.60. The van der Waals surface area contributed by atoms with Gasteiger partial charge in [-0.05, 0) is 49.6 Å². The SMILES string of the molecule is C=C1/C(=C/c2c[nH]c3ccc(C)cc23)C/C(=C/C)C1C. The third-order valence-corrected chi connectivity index (χ3v) is 4.46. The van der Waals surface area contributed by atoms with Crippen molar-refractivity contribution in [2.24, 2.45) is 5.92 Å². The topological polar surface area (TPSA) is 15.8 Å². The molecule has 20 heavy (non-hydrogen) atoms. The molecular weight excluding hydrogens is 242 g/mol. The van der Waals surface area contributed by atoms with Crippen LogP contribution < -0.4 is 0 Å². The monoisotopic (exact) mass is 263 g/mol. The molecule has 1 saturated carbocycles. The minimum absolute atomic E-state index is 0.484. The van der Waals surface area contributed by atoms with E-state index in [1.54, 1.807) is 0 Å². The molecule has 1 atom stereocenters. The quantitative estimate of drug-likeness (QED) is 0.663. The number of aromatic nitrogens is 1. The summed E-state index contributed by atoms with van der Waals surface area (Å²) in [5, 5.41) is 1.30. The summed E-state index contributed by atoms with van der Waals surface area (Å²) in [5.74, 6) is 0.484. The van der Waals surface area contributed by atoms with Crippen LogP contribution in [-0.4, -0.2) is 4.98 Å². The first-order valence-electron chi connectivity index (χ1n) is 7.22. The highest BCUT2D eigenvalue weighted by atomic mass is 14.7. The lowest BCUT2D eigenvalue weighted by molar-refractivity contribution is 0.861. The summed E-state index contributed by atoms with van der Waals surface area (Å²) >= 11 is 0. The lowest BCUT2D eigenvalue weighted by atomic mass is 10.0. The van der Waals surface area contributed by atoms with E-state index in [0.29, 0.717) is 5.92 Å². The fraction of sp³-hybridized carbons (Fsp3) is 0.263. The molecule has 1 fully saturated rings. The second-order valence-corrected chi connectivity index (χ2v) is 5.75. The van der Waals surface area contributed by atoms with Gasteiger partial charge in [-0.1, -0.05) is 36.8 Å². The number of aryl methyl sites for hydroxylation is 1. The predicted molar refractivity (Wildman–Crippen MR) is 87.7 cm³/mol. The zero-order valence-corrected chi connectivity index (χ0v) is 12.5. The van der Waals surface area contributed by atoms with Crippen molar-refractivity contribution >= 4 is 17.0 Å². The van der Waals surface area contributed by atoms with Gasteiger partial charge in [-0.15, -0.1) is 0 Å². The third kappa shape index (κ3) is 2.03. The first-order valence-corrected chi connectivity index (χ1v) is 7.22. The second-order valence-electron chi connectivity index (χ2n) is 5.75. The summed E-state index contributed by atoms with van der Waals surface area (Å²) in [7, 11) is 0. The average Bonchev–Trinajstić information content (AvgIpc) is 2.95. The number of rotatable bonds is 1. The summed E-state index contributed by atoms with van der Waals surface area (Å²) in [6.07, 6.45) is 7.67. The molecular formula is C19H21N. The Morgan fingerprint density at radius 1 is 1.35 bits per heavy atom. The summed E-state index contributed by atoms with van der Waals surface area (Å²) in [4.78, 5) is 3.35. The Balaban J connectivity index is 2.07. The standard InChI is InChI=1S/C19H21N/c1-5-15-9-16(14(4)13(15)3)10-17-11-20-19-7-6-12(2)8-18(17)19/h5-8,10-11,13,20H,4,9H2,1-3H3/b15-5-,16-10+. The Labute approximate surface area is 120 Å². The van der Waals surface area contributed by atoms with Crippen molar-refractivity contribution in [3.05, 3.63) is 64.9 Å². The van der Waals surface area contributed by atoms with Crippen LogP contribution in [0, 0.1) is 12.8 Å². The molecule has 1 unspecified atom stereocenters. The summed E-state index contributed by atoms with van der Waals surface area (Å²) in [5.41, 5.74) is 7.88. The number of allylic oxidation sites excluding steroid dienone is 4. The molecule has 1 aliphatic rings. The van der Waals surface area contributed by atoms with E-state index in [0.717, 1.165) is 6.42 Å². The van der Waals surface area contributed by atoms with Crippen LogP contribution >= 0.6 is 0 Å². The Bertz CT molecular complexity index is 740. The van der Waals surface area contributed by atoms with E-state index in [4.69, 9.17) is 0 Å². The van der Waals surface area contributed by atoms with E-state index in [-0.39, 0.29) is 0 Å². The van der Waals surface area contributed by atoms with Gasteiger partial charge in [-0.25, -0.2) is 0 Å². The van der Waals surface area contributed by atoms with Gasteiger partial charge in [0, 0.05) is 28.6 Å². The number of hydrogen-bond acceptors (Lipinski definition) is 0. The van der Waals surface area contributed by atoms with Crippen LogP contribution in [0.1, 0.15) is 31.4 Å². The molecule has 1 aromatic carbocycles. The number of fused-ring (bicyclic) bond motifs is 1. The number of aromatic amines is 1. The Morgan fingerprint density at radius 2 is 2.15 bits per heavy atom. The van der Waals surface area contributed by atoms with E-state index < -0.39 is 0 Å². The van der Waals surface area contributed by atoms with Crippen molar-refractivity contribution < 1.29 is 0 Å². The first kappa shape index (κ1) is 13.0. The molecule has 1 N–H and O–H groups in total. The fourth-order valence-electron chi connectivity index (χ4n) is 3.05. The van der Waals surface area contributed by atoms with Gasteiger partial charge in [0.25, 0.3) is 0 Å². The van der Waals surface area contributed by atoms with Crippen molar-refractivity contribution in [1.29, 1.82) is 0 Å². The molecule has 1 aliphatic carbocycles. The van der Waals surface area contributed by atoms with Crippen molar-refractivity contribution in [2.75, 3.05) is 0 Å². The fourth-order valence-corrected chi connectivity index (χ4v) is 3.05. The smallest absolute Gasteiger partial charge is 0.0460 e. The van der Waals surface area contributed by atoms with E-state index in [9.17, 15) is 0 Å². The van der Waals surface area contributed by atoms with E-state index in [1.165, 1.54) is 38.7 Å². The molecule has 0 saturated heterocycles. The molecule has 0 amide bonds. The minimum Gasteiger partial charge on any atom is -0.361 e. The third-order valence-electron chi connectivity index (χ3n) is 4.46. The van der Waals surface area contributed by atoms with Crippen molar-refractivity contribution in [3.8, 4) is 0 Å². The van der Waals surface area contributed by atoms with E-state index in [1.807, 2.05) is 0 Å². The summed E-state index contributed by atoms with van der Waals surface area (Å²) < 4.78 is 0. The van der Waals surface area contributed by atoms with E-state index >= 15 is 0 Å². The largest absolute Gasteiger partial charge is 0.361 e. The Hall–Kier alpha value is -2.02. The van der Waals surface area contributed by atoms with Crippen molar-refractivity contribution in [1.82, 2.24) is 4.98 Å². The predicted octanol–water partition coefficient (Wildman–Crippen LogP) is 5.40. The minimum atomic E-state index is 0.484. The van der Waals surface area contributed by atoms with Gasteiger partial charge in [0.05, 0.1) is 0 Å². The molecule has 0 spiro atoms.